The molecule has 0 atom stereocenters. The first-order chi connectivity index (χ1) is 7.60. The number of aromatic nitrogens is 1. The van der Waals surface area contributed by atoms with Crippen molar-refractivity contribution in [1.82, 2.24) is 4.98 Å². The van der Waals surface area contributed by atoms with E-state index in [1.807, 2.05) is 0 Å². The summed E-state index contributed by atoms with van der Waals surface area (Å²) in [5, 5.41) is 0.229. The van der Waals surface area contributed by atoms with Gasteiger partial charge >= 0.3 is 5.97 Å². The highest BCUT2D eigenvalue weighted by atomic mass is 79.9. The number of hydrogen-bond acceptors (Lipinski definition) is 3. The molecule has 0 bridgehead atoms. The Morgan fingerprint density at radius 3 is 2.81 bits per heavy atom. The van der Waals surface area contributed by atoms with Gasteiger partial charge in [-0.25, -0.2) is 8.78 Å². The molecule has 0 amide bonds. The van der Waals surface area contributed by atoms with Gasteiger partial charge in [-0.1, -0.05) is 15.9 Å². The van der Waals surface area contributed by atoms with Gasteiger partial charge in [0.05, 0.1) is 13.5 Å². The van der Waals surface area contributed by atoms with E-state index in [2.05, 4.69) is 25.7 Å². The average molecular weight is 294 g/mol. The molecule has 88 valence electrons. The van der Waals surface area contributed by atoms with E-state index >= 15 is 0 Å². The van der Waals surface area contributed by atoms with Crippen LogP contribution in [0.2, 0.25) is 0 Å². The molecule has 0 radical (unpaired) electrons. The number of methoxy groups -OCH3 is 1. The fourth-order valence-corrected chi connectivity index (χ4v) is 1.93. The Balaban J connectivity index is 3.08. The zero-order chi connectivity index (χ0) is 12.1. The topological polar surface area (TPSA) is 39.2 Å². The number of hydrogen-bond donors (Lipinski definition) is 0. The minimum Gasteiger partial charge on any atom is -0.469 e. The van der Waals surface area contributed by atoms with Gasteiger partial charge in [-0.15, -0.1) is 0 Å². The van der Waals surface area contributed by atoms with Crippen LogP contribution in [0.4, 0.5) is 8.78 Å². The third-order valence-electron chi connectivity index (χ3n) is 2.09. The molecule has 16 heavy (non-hydrogen) atoms. The lowest BCUT2D eigenvalue weighted by Gasteiger charge is -2.10. The van der Waals surface area contributed by atoms with Crippen LogP contribution in [0.1, 0.15) is 23.2 Å². The number of rotatable bonds is 4. The second-order valence-corrected chi connectivity index (χ2v) is 3.58. The number of carbonyl (C=O) groups is 1. The Morgan fingerprint density at radius 2 is 2.31 bits per heavy atom. The number of halogens is 3. The molecular weight excluding hydrogens is 284 g/mol. The third kappa shape index (κ3) is 2.98. The highest BCUT2D eigenvalue weighted by Gasteiger charge is 2.18. The molecule has 1 aromatic rings. The summed E-state index contributed by atoms with van der Waals surface area (Å²) < 4.78 is 29.7. The van der Waals surface area contributed by atoms with Gasteiger partial charge in [0.15, 0.2) is 0 Å². The molecule has 3 nitrogen and oxygen atoms in total. The fraction of sp³-hybridized carbons (Fsp3) is 0.400. The Kier molecular flexibility index (Phi) is 4.79. The highest BCUT2D eigenvalue weighted by molar-refractivity contribution is 9.08. The quantitative estimate of drug-likeness (QED) is 0.633. The maximum atomic E-state index is 12.6. The van der Waals surface area contributed by atoms with E-state index in [-0.39, 0.29) is 17.4 Å². The summed E-state index contributed by atoms with van der Waals surface area (Å²) in [7, 11) is 1.26. The maximum Gasteiger partial charge on any atom is 0.309 e. The first-order valence-electron chi connectivity index (χ1n) is 4.47. The lowest BCUT2D eigenvalue weighted by Crippen LogP contribution is -2.09. The maximum absolute atomic E-state index is 12.6. The molecule has 0 N–H and O–H groups in total. The van der Waals surface area contributed by atoms with Crippen molar-refractivity contribution >= 4 is 21.9 Å². The number of ether oxygens (including phenoxy) is 1. The zero-order valence-corrected chi connectivity index (χ0v) is 10.1. The van der Waals surface area contributed by atoms with Gasteiger partial charge in [0.2, 0.25) is 0 Å². The van der Waals surface area contributed by atoms with Gasteiger partial charge in [0, 0.05) is 11.5 Å². The van der Waals surface area contributed by atoms with Gasteiger partial charge in [0.1, 0.15) is 5.69 Å². The van der Waals surface area contributed by atoms with Crippen molar-refractivity contribution in [1.29, 1.82) is 0 Å². The molecular formula is C10H10BrF2NO2. The van der Waals surface area contributed by atoms with Gasteiger partial charge in [0.25, 0.3) is 6.43 Å². The molecule has 0 saturated carbocycles. The second kappa shape index (κ2) is 5.89. The van der Waals surface area contributed by atoms with Gasteiger partial charge < -0.3 is 4.74 Å². The Bertz CT molecular complexity index is 385. The molecule has 0 fully saturated rings. The molecule has 0 aliphatic carbocycles. The van der Waals surface area contributed by atoms with Crippen LogP contribution in [0.3, 0.4) is 0 Å². The summed E-state index contributed by atoms with van der Waals surface area (Å²) in [6.07, 6.45) is -1.41. The first-order valence-corrected chi connectivity index (χ1v) is 5.59. The molecule has 1 aromatic heterocycles. The van der Waals surface area contributed by atoms with Crippen molar-refractivity contribution in [3.8, 4) is 0 Å². The minimum absolute atomic E-state index is 0.0281. The average Bonchev–Trinajstić information content (AvgIpc) is 2.28. The predicted octanol–water partition coefficient (Wildman–Crippen LogP) is 2.63. The van der Waals surface area contributed by atoms with Crippen LogP contribution in [0.5, 0.6) is 0 Å². The summed E-state index contributed by atoms with van der Waals surface area (Å²) in [5.41, 5.74) is 0.565. The number of esters is 1. The van der Waals surface area contributed by atoms with Crippen LogP contribution in [-0.4, -0.2) is 18.1 Å². The summed E-state index contributed by atoms with van der Waals surface area (Å²) in [4.78, 5) is 14.7. The molecule has 0 aliphatic heterocycles. The first kappa shape index (κ1) is 13.0. The van der Waals surface area contributed by atoms with Crippen molar-refractivity contribution in [2.45, 2.75) is 18.2 Å². The van der Waals surface area contributed by atoms with Gasteiger partial charge in [-0.2, -0.15) is 0 Å². The van der Waals surface area contributed by atoms with Crippen LogP contribution >= 0.6 is 15.9 Å². The molecule has 1 rings (SSSR count). The number of alkyl halides is 3. The lowest BCUT2D eigenvalue weighted by atomic mass is 10.1. The summed E-state index contributed by atoms with van der Waals surface area (Å²) in [6.45, 7) is 0. The SMILES string of the molecule is COC(=O)Cc1ccnc(C(F)F)c1CBr. The van der Waals surface area contributed by atoms with Crippen molar-refractivity contribution in [3.05, 3.63) is 29.1 Å². The molecule has 0 aromatic carbocycles. The van der Waals surface area contributed by atoms with E-state index in [9.17, 15) is 13.6 Å². The Labute approximate surface area is 99.9 Å². The monoisotopic (exact) mass is 293 g/mol. The molecule has 0 saturated heterocycles. The third-order valence-corrected chi connectivity index (χ3v) is 2.65. The molecule has 0 spiro atoms. The van der Waals surface area contributed by atoms with E-state index in [0.717, 1.165) is 0 Å². The van der Waals surface area contributed by atoms with E-state index in [1.54, 1.807) is 6.07 Å². The number of carbonyl (C=O) groups excluding carboxylic acids is 1. The zero-order valence-electron chi connectivity index (χ0n) is 8.54. The van der Waals surface area contributed by atoms with Crippen molar-refractivity contribution in [2.24, 2.45) is 0 Å². The number of pyridine rings is 1. The minimum atomic E-state index is -2.65. The Morgan fingerprint density at radius 1 is 1.62 bits per heavy atom. The fourth-order valence-electron chi connectivity index (χ4n) is 1.29. The normalized spacial score (nSPS) is 10.6. The summed E-state index contributed by atoms with van der Waals surface area (Å²) in [5.74, 6) is -0.464. The van der Waals surface area contributed by atoms with E-state index < -0.39 is 12.4 Å². The molecule has 0 aliphatic rings. The van der Waals surface area contributed by atoms with Crippen LogP contribution in [0.25, 0.3) is 0 Å². The highest BCUT2D eigenvalue weighted by Crippen LogP contribution is 2.25. The van der Waals surface area contributed by atoms with E-state index in [0.29, 0.717) is 11.1 Å². The van der Waals surface area contributed by atoms with Crippen molar-refractivity contribution < 1.29 is 18.3 Å². The smallest absolute Gasteiger partial charge is 0.309 e. The second-order valence-electron chi connectivity index (χ2n) is 3.02. The van der Waals surface area contributed by atoms with Crippen LogP contribution in [-0.2, 0) is 21.3 Å². The van der Waals surface area contributed by atoms with E-state index in [4.69, 9.17) is 0 Å². The molecule has 0 unspecified atom stereocenters. The van der Waals surface area contributed by atoms with Crippen molar-refractivity contribution in [2.75, 3.05) is 7.11 Å². The summed E-state index contributed by atoms with van der Waals surface area (Å²) in [6, 6.07) is 1.54. The standard InChI is InChI=1S/C10H10BrF2NO2/c1-16-8(15)4-6-2-3-14-9(10(12)13)7(6)5-11/h2-3,10H,4-5H2,1H3. The molecule has 1 heterocycles. The molecule has 6 heteroatoms. The van der Waals surface area contributed by atoms with Gasteiger partial charge in [-0.3, -0.25) is 9.78 Å². The summed E-state index contributed by atoms with van der Waals surface area (Å²) >= 11 is 3.11. The van der Waals surface area contributed by atoms with Crippen molar-refractivity contribution in [3.63, 3.8) is 0 Å². The lowest BCUT2D eigenvalue weighted by molar-refractivity contribution is -0.139. The van der Waals surface area contributed by atoms with Crippen LogP contribution in [0, 0.1) is 0 Å². The van der Waals surface area contributed by atoms with Crippen LogP contribution < -0.4 is 0 Å². The van der Waals surface area contributed by atoms with E-state index in [1.165, 1.54) is 13.3 Å². The predicted molar refractivity (Wildman–Crippen MR) is 57.5 cm³/mol. The largest absolute Gasteiger partial charge is 0.469 e. The number of nitrogens with zero attached hydrogens (tertiary/aromatic N) is 1. The Hall–Kier alpha value is -1.04. The van der Waals surface area contributed by atoms with Crippen LogP contribution in [0.15, 0.2) is 12.3 Å². The van der Waals surface area contributed by atoms with Gasteiger partial charge in [-0.05, 0) is 17.2 Å².